The molecule has 4 rings (SSSR count). The molecule has 2 heterocycles. The molecule has 30 heavy (non-hydrogen) atoms. The molecule has 2 atom stereocenters. The van der Waals surface area contributed by atoms with E-state index in [1.54, 1.807) is 36.3 Å². The Morgan fingerprint density at radius 3 is 2.83 bits per heavy atom. The van der Waals surface area contributed by atoms with Crippen LogP contribution in [0.3, 0.4) is 0 Å². The fourth-order valence-corrected chi connectivity index (χ4v) is 4.08. The first kappa shape index (κ1) is 20.0. The summed E-state index contributed by atoms with van der Waals surface area (Å²) in [5, 5.41) is 13.3. The van der Waals surface area contributed by atoms with Gasteiger partial charge in [0.2, 0.25) is 11.8 Å². The minimum atomic E-state index is -0.230. The van der Waals surface area contributed by atoms with E-state index in [-0.39, 0.29) is 36.1 Å². The highest BCUT2D eigenvalue weighted by Crippen LogP contribution is 2.40. The Labute approximate surface area is 174 Å². The van der Waals surface area contributed by atoms with Crippen molar-refractivity contribution in [2.24, 2.45) is 5.73 Å². The number of fused-ring (bicyclic) bond motifs is 6. The first-order valence-electron chi connectivity index (χ1n) is 9.93. The number of ether oxygens (including phenoxy) is 2. The number of likely N-dealkylation sites (tertiary alicyclic amines) is 1. The van der Waals surface area contributed by atoms with Gasteiger partial charge in [-0.05, 0) is 41.8 Å². The van der Waals surface area contributed by atoms with Gasteiger partial charge in [-0.3, -0.25) is 9.59 Å². The maximum Gasteiger partial charge on any atom is 0.236 e. The topological polar surface area (TPSA) is 114 Å². The molecule has 4 bridgehead atoms. The number of amides is 2. The summed E-state index contributed by atoms with van der Waals surface area (Å²) in [5.41, 5.74) is 7.32. The number of aromatic hydroxyl groups is 1. The normalized spacial score (nSPS) is 20.7. The van der Waals surface area contributed by atoms with Gasteiger partial charge >= 0.3 is 0 Å². The van der Waals surface area contributed by atoms with Crippen LogP contribution in [0.4, 0.5) is 0 Å². The second kappa shape index (κ2) is 8.23. The molecule has 0 spiro atoms. The quantitative estimate of drug-likeness (QED) is 0.690. The van der Waals surface area contributed by atoms with Crippen molar-refractivity contribution < 1.29 is 24.2 Å². The molecule has 4 N–H and O–H groups in total. The van der Waals surface area contributed by atoms with Crippen molar-refractivity contribution in [3.63, 3.8) is 0 Å². The van der Waals surface area contributed by atoms with Gasteiger partial charge in [0.15, 0.2) is 23.0 Å². The largest absolute Gasteiger partial charge is 0.504 e. The number of carbonyl (C=O) groups is 2. The zero-order valence-corrected chi connectivity index (χ0v) is 16.8. The van der Waals surface area contributed by atoms with E-state index in [4.69, 9.17) is 15.2 Å². The third-order valence-corrected chi connectivity index (χ3v) is 5.69. The smallest absolute Gasteiger partial charge is 0.236 e. The van der Waals surface area contributed by atoms with Gasteiger partial charge in [-0.25, -0.2) is 0 Å². The van der Waals surface area contributed by atoms with Crippen LogP contribution in [0.1, 0.15) is 23.5 Å². The minimum absolute atomic E-state index is 0.00369. The number of phenolic OH excluding ortho intramolecular Hbond substituents is 1. The Balaban J connectivity index is 1.77. The predicted molar refractivity (Wildman–Crippen MR) is 110 cm³/mol. The maximum absolute atomic E-state index is 12.6. The van der Waals surface area contributed by atoms with Gasteiger partial charge in [0.25, 0.3) is 0 Å². The number of hydrogen-bond donors (Lipinski definition) is 3. The predicted octanol–water partition coefficient (Wildman–Crippen LogP) is 1.51. The lowest BCUT2D eigenvalue weighted by molar-refractivity contribution is -0.129. The summed E-state index contributed by atoms with van der Waals surface area (Å²) in [4.78, 5) is 26.5. The Bertz CT molecular complexity index is 977. The Morgan fingerprint density at radius 1 is 1.23 bits per heavy atom. The van der Waals surface area contributed by atoms with Crippen LogP contribution >= 0.6 is 0 Å². The van der Waals surface area contributed by atoms with Crippen LogP contribution in [0, 0.1) is 0 Å². The van der Waals surface area contributed by atoms with Gasteiger partial charge in [0, 0.05) is 25.4 Å². The first-order valence-corrected chi connectivity index (χ1v) is 9.93. The summed E-state index contributed by atoms with van der Waals surface area (Å²) in [6, 6.07) is 10.4. The van der Waals surface area contributed by atoms with Crippen LogP contribution < -0.4 is 20.5 Å². The van der Waals surface area contributed by atoms with Gasteiger partial charge in [-0.15, -0.1) is 0 Å². The van der Waals surface area contributed by atoms with Crippen LogP contribution in [0.15, 0.2) is 36.4 Å². The van der Waals surface area contributed by atoms with E-state index >= 15 is 0 Å². The molecule has 1 saturated heterocycles. The monoisotopic (exact) mass is 411 g/mol. The Morgan fingerprint density at radius 2 is 2.07 bits per heavy atom. The molecule has 8 heteroatoms. The minimum Gasteiger partial charge on any atom is -0.504 e. The number of carbonyl (C=O) groups excluding carboxylic acids is 2. The third kappa shape index (κ3) is 3.91. The SMILES string of the molecule is COc1ccc2cc1Oc1cc(ccc1O)CCC(=O)N[C@@H]1CN(C(=O)CN)C[C@@H]21. The molecule has 158 valence electrons. The van der Waals surface area contributed by atoms with Crippen LogP contribution in [-0.4, -0.2) is 54.6 Å². The molecule has 0 aromatic heterocycles. The van der Waals surface area contributed by atoms with Gasteiger partial charge < -0.3 is 30.5 Å². The van der Waals surface area contributed by atoms with E-state index < -0.39 is 0 Å². The van der Waals surface area contributed by atoms with Gasteiger partial charge in [-0.2, -0.15) is 0 Å². The van der Waals surface area contributed by atoms with Crippen molar-refractivity contribution in [1.82, 2.24) is 10.2 Å². The van der Waals surface area contributed by atoms with Gasteiger partial charge in [0.05, 0.1) is 19.7 Å². The van der Waals surface area contributed by atoms with Crippen molar-refractivity contribution in [3.05, 3.63) is 47.5 Å². The summed E-state index contributed by atoms with van der Waals surface area (Å²) in [7, 11) is 1.55. The van der Waals surface area contributed by atoms with Crippen molar-refractivity contribution in [2.45, 2.75) is 24.8 Å². The van der Waals surface area contributed by atoms with E-state index in [1.807, 2.05) is 12.1 Å². The highest BCUT2D eigenvalue weighted by molar-refractivity contribution is 5.80. The molecule has 2 aliphatic rings. The number of nitrogens with one attached hydrogen (secondary N) is 1. The van der Waals surface area contributed by atoms with Crippen LogP contribution in [0.2, 0.25) is 0 Å². The van der Waals surface area contributed by atoms with Gasteiger partial charge in [-0.1, -0.05) is 12.1 Å². The standard InChI is InChI=1S/C22H25N3O5/c1-29-18-6-4-14-9-20(18)30-19-8-13(2-5-17(19)26)3-7-21(27)24-16-12-25(11-15(14)16)22(28)10-23/h2,4-6,8-9,15-16,26H,3,7,10-12,23H2,1H3,(H,24,27)/t15-,16+/m0/s1. The summed E-state index contributed by atoms with van der Waals surface area (Å²) >= 11 is 0. The number of aryl methyl sites for hydroxylation is 1. The zero-order chi connectivity index (χ0) is 21.3. The van der Waals surface area contributed by atoms with Gasteiger partial charge in [0.1, 0.15) is 0 Å². The average molecular weight is 411 g/mol. The number of rotatable bonds is 2. The lowest BCUT2D eigenvalue weighted by Crippen LogP contribution is -2.41. The number of phenols is 1. The zero-order valence-electron chi connectivity index (χ0n) is 16.8. The van der Waals surface area contributed by atoms with Crippen molar-refractivity contribution in [3.8, 4) is 23.0 Å². The fourth-order valence-electron chi connectivity index (χ4n) is 4.08. The van der Waals surface area contributed by atoms with E-state index in [2.05, 4.69) is 5.32 Å². The van der Waals surface area contributed by atoms with Crippen molar-refractivity contribution >= 4 is 11.8 Å². The van der Waals surface area contributed by atoms with E-state index in [0.29, 0.717) is 43.2 Å². The fraction of sp³-hybridized carbons (Fsp3) is 0.364. The molecule has 0 aliphatic carbocycles. The molecular weight excluding hydrogens is 386 g/mol. The maximum atomic E-state index is 12.6. The number of benzene rings is 2. The number of nitrogens with two attached hydrogens (primary N) is 1. The van der Waals surface area contributed by atoms with E-state index in [1.165, 1.54) is 0 Å². The van der Waals surface area contributed by atoms with Crippen molar-refractivity contribution in [2.75, 3.05) is 26.7 Å². The Hall–Kier alpha value is -3.26. The average Bonchev–Trinajstić information content (AvgIpc) is 3.16. The molecule has 0 unspecified atom stereocenters. The molecule has 8 nitrogen and oxygen atoms in total. The second-order valence-electron chi connectivity index (χ2n) is 7.60. The number of hydrogen-bond acceptors (Lipinski definition) is 6. The lowest BCUT2D eigenvalue weighted by atomic mass is 9.93. The highest BCUT2D eigenvalue weighted by Gasteiger charge is 2.37. The molecule has 1 fully saturated rings. The first-order chi connectivity index (χ1) is 14.5. The Kier molecular flexibility index (Phi) is 5.50. The molecule has 0 radical (unpaired) electrons. The van der Waals surface area contributed by atoms with Crippen LogP contribution in [0.5, 0.6) is 23.0 Å². The summed E-state index contributed by atoms with van der Waals surface area (Å²) in [5.74, 6) is 0.922. The van der Waals surface area contributed by atoms with E-state index in [0.717, 1.165) is 11.1 Å². The molecule has 2 aromatic rings. The molecule has 2 amide bonds. The summed E-state index contributed by atoms with van der Waals surface area (Å²) in [6.45, 7) is 0.785. The van der Waals surface area contributed by atoms with Crippen molar-refractivity contribution in [1.29, 1.82) is 0 Å². The molecule has 2 aromatic carbocycles. The molecular formula is C22H25N3O5. The number of nitrogens with zero attached hydrogens (tertiary/aromatic N) is 1. The number of methoxy groups -OCH3 is 1. The second-order valence-corrected chi connectivity index (χ2v) is 7.60. The molecule has 2 aliphatic heterocycles. The van der Waals surface area contributed by atoms with E-state index in [9.17, 15) is 14.7 Å². The van der Waals surface area contributed by atoms with Crippen LogP contribution in [0.25, 0.3) is 0 Å². The third-order valence-electron chi connectivity index (χ3n) is 5.69. The lowest BCUT2D eigenvalue weighted by Gasteiger charge is -2.21. The summed E-state index contributed by atoms with van der Waals surface area (Å²) < 4.78 is 11.4. The highest BCUT2D eigenvalue weighted by atomic mass is 16.5. The summed E-state index contributed by atoms with van der Waals surface area (Å²) in [6.07, 6.45) is 0.791. The van der Waals surface area contributed by atoms with Crippen LogP contribution in [-0.2, 0) is 16.0 Å². The molecule has 0 saturated carbocycles.